The van der Waals surface area contributed by atoms with Crippen LogP contribution in [0.25, 0.3) is 0 Å². The molecule has 4 aromatic rings. The van der Waals surface area contributed by atoms with Crippen LogP contribution in [0.3, 0.4) is 0 Å². The maximum Gasteiger partial charge on any atom is 0.242 e. The number of nitrogens with zero attached hydrogens (tertiary/aromatic N) is 8. The van der Waals surface area contributed by atoms with Gasteiger partial charge in [0.2, 0.25) is 47.3 Å². The third-order valence-corrected chi connectivity index (χ3v) is 10.4. The van der Waals surface area contributed by atoms with E-state index in [4.69, 9.17) is 18.3 Å². The van der Waals surface area contributed by atoms with Gasteiger partial charge in [0.15, 0.2) is 10.3 Å². The number of piperidine rings is 2. The van der Waals surface area contributed by atoms with Gasteiger partial charge in [0.05, 0.1) is 22.0 Å². The van der Waals surface area contributed by atoms with Gasteiger partial charge in [-0.25, -0.2) is 0 Å². The number of amides is 2. The lowest BCUT2D eigenvalue weighted by molar-refractivity contribution is -0.115. The molecule has 0 aromatic carbocycles. The van der Waals surface area contributed by atoms with E-state index in [1.54, 1.807) is 13.8 Å². The van der Waals surface area contributed by atoms with Crippen LogP contribution in [0.15, 0.2) is 8.83 Å². The maximum atomic E-state index is 14.0. The second-order valence-corrected chi connectivity index (χ2v) is 15.0. The van der Waals surface area contributed by atoms with Crippen molar-refractivity contribution >= 4 is 44.8 Å². The van der Waals surface area contributed by atoms with Crippen molar-refractivity contribution in [3.63, 3.8) is 0 Å². The second-order valence-electron chi connectivity index (χ2n) is 12.8. The number of anilines is 2. The zero-order valence-electron chi connectivity index (χ0n) is 30.0. The minimum absolute atomic E-state index is 0.106. The van der Waals surface area contributed by atoms with Gasteiger partial charge in [-0.05, 0) is 39.5 Å². The Morgan fingerprint density at radius 2 is 1.15 bits per heavy atom. The molecule has 0 saturated carbocycles. The smallest absolute Gasteiger partial charge is 0.242 e. The molecule has 20 heteroatoms. The van der Waals surface area contributed by atoms with E-state index in [0.717, 1.165) is 38.8 Å². The summed E-state index contributed by atoms with van der Waals surface area (Å²) in [5.74, 6) is 0.465. The van der Waals surface area contributed by atoms with E-state index in [0.29, 0.717) is 69.9 Å². The monoisotopic (exact) mass is 766 g/mol. The Hall–Kier alpha value is -3.82. The molecular formula is C32H44F2N10O6S2. The van der Waals surface area contributed by atoms with Gasteiger partial charge in [-0.3, -0.25) is 19.4 Å². The van der Waals surface area contributed by atoms with Crippen LogP contribution in [0.5, 0.6) is 0 Å². The number of likely N-dealkylation sites (tertiary alicyclic amines) is 2. The van der Waals surface area contributed by atoms with E-state index in [-0.39, 0.29) is 36.1 Å². The minimum Gasteiger partial charge on any atom is -0.423 e. The van der Waals surface area contributed by atoms with Crippen molar-refractivity contribution < 1.29 is 36.7 Å². The van der Waals surface area contributed by atoms with Crippen LogP contribution in [-0.2, 0) is 45.4 Å². The summed E-state index contributed by atoms with van der Waals surface area (Å²) in [4.78, 5) is 35.1. The summed E-state index contributed by atoms with van der Waals surface area (Å²) in [6.07, 6.45) is 3.58. The highest BCUT2D eigenvalue weighted by molar-refractivity contribution is 7.16. The lowest BCUT2D eigenvalue weighted by Crippen LogP contribution is -2.42. The van der Waals surface area contributed by atoms with Gasteiger partial charge in [-0.2, -0.15) is 18.7 Å². The maximum absolute atomic E-state index is 14.0. The largest absolute Gasteiger partial charge is 0.423 e. The molecule has 16 nitrogen and oxygen atoms in total. The molecule has 0 aliphatic carbocycles. The van der Waals surface area contributed by atoms with E-state index in [1.165, 1.54) is 36.5 Å². The van der Waals surface area contributed by atoms with Gasteiger partial charge in [0.25, 0.3) is 0 Å². The number of carbonyl (C=O) groups is 2. The number of rotatable bonds is 12. The lowest BCUT2D eigenvalue weighted by Gasteiger charge is -2.37. The molecule has 284 valence electrons. The van der Waals surface area contributed by atoms with Crippen molar-refractivity contribution in [1.82, 2.24) is 40.2 Å². The summed E-state index contributed by atoms with van der Waals surface area (Å²) in [7, 11) is 0. The number of ether oxygens (including phenoxy) is 2. The zero-order valence-corrected chi connectivity index (χ0v) is 31.6. The van der Waals surface area contributed by atoms with Crippen LogP contribution in [0, 0.1) is 25.7 Å². The molecule has 6 rings (SSSR count). The Labute approximate surface area is 307 Å². The molecule has 4 atom stereocenters. The molecule has 6 heterocycles. The topological polar surface area (TPSA) is 187 Å². The van der Waals surface area contributed by atoms with Crippen molar-refractivity contribution in [2.24, 2.45) is 0 Å². The fraction of sp³-hybridized carbons (Fsp3) is 0.625. The number of thiazole rings is 2. The molecule has 2 fully saturated rings. The highest BCUT2D eigenvalue weighted by Gasteiger charge is 2.29. The summed E-state index contributed by atoms with van der Waals surface area (Å²) in [6.45, 7) is 13.6. The summed E-state index contributed by atoms with van der Waals surface area (Å²) < 4.78 is 50.4. The SMILES string of the molecule is CC(=O)Nc1nc(F)c(CN2CC[C@@H](OCc3nnc(C)o3)C[C@@H]2C)s1.CC(=O)Nc1nc(F)c(CN2CC[C@H](OCc3nnc(C)o3)C[C@H]2C)s1. The molecule has 2 aliphatic heterocycles. The van der Waals surface area contributed by atoms with Gasteiger partial charge < -0.3 is 28.9 Å². The third kappa shape index (κ3) is 11.6. The summed E-state index contributed by atoms with van der Waals surface area (Å²) in [5.41, 5.74) is 0. The van der Waals surface area contributed by atoms with Crippen LogP contribution in [0.2, 0.25) is 0 Å². The van der Waals surface area contributed by atoms with Gasteiger partial charge in [0.1, 0.15) is 13.2 Å². The fourth-order valence-corrected chi connectivity index (χ4v) is 7.76. The Morgan fingerprint density at radius 1 is 0.750 bits per heavy atom. The van der Waals surface area contributed by atoms with E-state index in [9.17, 15) is 18.4 Å². The Balaban J connectivity index is 0.000000201. The predicted molar refractivity (Wildman–Crippen MR) is 186 cm³/mol. The molecule has 2 saturated heterocycles. The Kier molecular flexibility index (Phi) is 13.9. The van der Waals surface area contributed by atoms with Crippen molar-refractivity contribution in [3.05, 3.63) is 45.2 Å². The molecule has 4 aromatic heterocycles. The van der Waals surface area contributed by atoms with Crippen molar-refractivity contribution in [1.29, 1.82) is 0 Å². The average molecular weight is 767 g/mol. The molecule has 2 aliphatic rings. The van der Waals surface area contributed by atoms with Crippen molar-refractivity contribution in [2.75, 3.05) is 23.7 Å². The average Bonchev–Trinajstić information content (AvgIpc) is 3.85. The van der Waals surface area contributed by atoms with Crippen LogP contribution in [0.1, 0.15) is 86.7 Å². The van der Waals surface area contributed by atoms with Crippen LogP contribution in [0.4, 0.5) is 19.0 Å². The van der Waals surface area contributed by atoms with Gasteiger partial charge in [0, 0.05) is 66.0 Å². The zero-order chi connectivity index (χ0) is 37.4. The quantitative estimate of drug-likeness (QED) is 0.196. The third-order valence-electron chi connectivity index (χ3n) is 8.51. The first-order chi connectivity index (χ1) is 24.8. The first kappa shape index (κ1) is 39.4. The first-order valence-electron chi connectivity index (χ1n) is 17.0. The first-order valence-corrected chi connectivity index (χ1v) is 18.6. The van der Waals surface area contributed by atoms with Crippen LogP contribution in [-0.4, -0.2) is 89.4 Å². The normalized spacial score (nSPS) is 21.1. The summed E-state index contributed by atoms with van der Waals surface area (Å²) in [6, 6.07) is 0.479. The molecule has 0 spiro atoms. The summed E-state index contributed by atoms with van der Waals surface area (Å²) in [5, 5.41) is 21.1. The molecular weight excluding hydrogens is 723 g/mol. The fourth-order valence-electron chi connectivity index (χ4n) is 5.94. The molecule has 0 unspecified atom stereocenters. The van der Waals surface area contributed by atoms with E-state index < -0.39 is 11.9 Å². The number of carbonyl (C=O) groups excluding carboxylic acids is 2. The molecule has 0 radical (unpaired) electrons. The Morgan fingerprint density at radius 3 is 1.48 bits per heavy atom. The standard InChI is InChI=1S/2C16H22FN5O3S/c2*1-9-6-12(24-8-14-21-20-11(3)25-14)4-5-22(9)7-13-15(17)19-16(26-13)18-10(2)23/h2*9,12H,4-8H2,1-3H3,(H,18,19,23)/t2*9-,12+/m10/s1. The van der Waals surface area contributed by atoms with Gasteiger partial charge in [-0.1, -0.05) is 22.7 Å². The molecule has 0 bridgehead atoms. The number of aryl methyl sites for hydroxylation is 2. The van der Waals surface area contributed by atoms with E-state index >= 15 is 0 Å². The highest BCUT2D eigenvalue weighted by Crippen LogP contribution is 2.29. The van der Waals surface area contributed by atoms with Gasteiger partial charge in [-0.15, -0.1) is 20.4 Å². The van der Waals surface area contributed by atoms with Crippen LogP contribution < -0.4 is 10.6 Å². The highest BCUT2D eigenvalue weighted by atomic mass is 32.1. The van der Waals surface area contributed by atoms with Crippen molar-refractivity contribution in [2.45, 2.75) is 118 Å². The van der Waals surface area contributed by atoms with E-state index in [2.05, 4.69) is 64.6 Å². The number of halogens is 2. The van der Waals surface area contributed by atoms with Crippen LogP contribution >= 0.6 is 22.7 Å². The van der Waals surface area contributed by atoms with Gasteiger partial charge >= 0.3 is 0 Å². The number of hydrogen-bond acceptors (Lipinski definition) is 16. The minimum atomic E-state index is -0.518. The lowest BCUT2D eigenvalue weighted by atomic mass is 10.0. The Bertz CT molecular complexity index is 1660. The number of aromatic nitrogens is 6. The number of nitrogens with one attached hydrogen (secondary N) is 2. The molecule has 52 heavy (non-hydrogen) atoms. The van der Waals surface area contributed by atoms with Crippen molar-refractivity contribution in [3.8, 4) is 0 Å². The number of hydrogen-bond donors (Lipinski definition) is 2. The molecule has 2 N–H and O–H groups in total. The summed E-state index contributed by atoms with van der Waals surface area (Å²) >= 11 is 2.35. The second kappa shape index (κ2) is 18.3. The van der Waals surface area contributed by atoms with E-state index in [1.807, 2.05) is 0 Å². The predicted octanol–water partition coefficient (Wildman–Crippen LogP) is 5.00. The molecule has 2 amide bonds.